The lowest BCUT2D eigenvalue weighted by atomic mass is 10.1. The molecule has 5 aromatic rings. The molecular weight excluding hydrogens is 579 g/mol. The molecule has 0 spiro atoms. The van der Waals surface area contributed by atoms with Crippen LogP contribution in [0.3, 0.4) is 0 Å². The molecule has 2 aromatic heterocycles. The van der Waals surface area contributed by atoms with E-state index in [2.05, 4.69) is 25.6 Å². The van der Waals surface area contributed by atoms with Crippen molar-refractivity contribution in [1.82, 2.24) is 19.9 Å². The number of hydrogen-bond acceptors (Lipinski definition) is 10. The first-order valence-corrected chi connectivity index (χ1v) is 14.4. The summed E-state index contributed by atoms with van der Waals surface area (Å²) in [5.74, 6) is 1.36. The number of carbonyl (C=O) groups is 1. The summed E-state index contributed by atoms with van der Waals surface area (Å²) in [6.07, 6.45) is 4.54. The van der Waals surface area contributed by atoms with Crippen LogP contribution in [0.2, 0.25) is 0 Å². The molecule has 3 aromatic carbocycles. The van der Waals surface area contributed by atoms with E-state index in [0.29, 0.717) is 62.4 Å². The Kier molecular flexibility index (Phi) is 8.22. The van der Waals surface area contributed by atoms with Gasteiger partial charge in [0.25, 0.3) is 5.91 Å². The van der Waals surface area contributed by atoms with Crippen LogP contribution < -0.4 is 24.8 Å². The van der Waals surface area contributed by atoms with Gasteiger partial charge in [-0.15, -0.1) is 0 Å². The number of halogens is 1. The van der Waals surface area contributed by atoms with Crippen LogP contribution in [-0.4, -0.2) is 59.6 Å². The van der Waals surface area contributed by atoms with Crippen LogP contribution in [0.1, 0.15) is 24.3 Å². The average Bonchev–Trinajstić information content (AvgIpc) is 3.61. The molecule has 3 heterocycles. The second-order valence-electron chi connectivity index (χ2n) is 10.9. The molecular formula is C33H33FN6O5. The highest BCUT2D eigenvalue weighted by Crippen LogP contribution is 2.39. The van der Waals surface area contributed by atoms with Gasteiger partial charge >= 0.3 is 0 Å². The summed E-state index contributed by atoms with van der Waals surface area (Å²) in [4.78, 5) is 28.0. The fraction of sp³-hybridized carbons (Fsp3) is 0.273. The molecule has 1 saturated heterocycles. The van der Waals surface area contributed by atoms with Gasteiger partial charge in [0, 0.05) is 36.6 Å². The number of likely N-dealkylation sites (N-methyl/N-ethyl adjacent to an activating group) is 1. The van der Waals surface area contributed by atoms with Gasteiger partial charge in [0.2, 0.25) is 0 Å². The van der Waals surface area contributed by atoms with Gasteiger partial charge in [-0.3, -0.25) is 9.69 Å². The summed E-state index contributed by atoms with van der Waals surface area (Å²) < 4.78 is 37.8. The fourth-order valence-corrected chi connectivity index (χ4v) is 5.41. The topological polar surface area (TPSA) is 124 Å². The number of rotatable bonds is 9. The van der Waals surface area contributed by atoms with E-state index in [9.17, 15) is 9.18 Å². The number of ether oxygens (including phenoxy) is 3. The molecule has 6 rings (SSSR count). The lowest BCUT2D eigenvalue weighted by Crippen LogP contribution is -2.24. The normalized spacial score (nSPS) is 15.4. The minimum Gasteiger partial charge on any atom is -0.494 e. The first kappa shape index (κ1) is 29.8. The maximum Gasteiger partial charge on any atom is 0.284 e. The van der Waals surface area contributed by atoms with Crippen LogP contribution in [0.5, 0.6) is 23.0 Å². The average molecular weight is 613 g/mol. The molecule has 1 aliphatic rings. The molecule has 45 heavy (non-hydrogen) atoms. The van der Waals surface area contributed by atoms with Crippen molar-refractivity contribution < 1.29 is 27.8 Å². The van der Waals surface area contributed by atoms with Crippen molar-refractivity contribution in [3.8, 4) is 23.0 Å². The van der Waals surface area contributed by atoms with Gasteiger partial charge in [0.1, 0.15) is 40.7 Å². The number of nitrogens with one attached hydrogen (secondary N) is 2. The highest BCUT2D eigenvalue weighted by atomic mass is 19.1. The number of benzene rings is 3. The molecule has 1 atom stereocenters. The van der Waals surface area contributed by atoms with Crippen LogP contribution in [0.25, 0.3) is 22.0 Å². The van der Waals surface area contributed by atoms with Crippen LogP contribution in [-0.2, 0) is 4.79 Å². The number of oxazole rings is 1. The van der Waals surface area contributed by atoms with Gasteiger partial charge in [0.05, 0.1) is 31.1 Å². The zero-order chi connectivity index (χ0) is 31.7. The van der Waals surface area contributed by atoms with E-state index < -0.39 is 11.7 Å². The highest BCUT2D eigenvalue weighted by Gasteiger charge is 2.22. The summed E-state index contributed by atoms with van der Waals surface area (Å²) in [7, 11) is 4.95. The van der Waals surface area contributed by atoms with Crippen molar-refractivity contribution in [3.05, 3.63) is 72.1 Å². The summed E-state index contributed by atoms with van der Waals surface area (Å²) in [6, 6.07) is 12.3. The molecule has 0 saturated carbocycles. The van der Waals surface area contributed by atoms with Gasteiger partial charge in [-0.2, -0.15) is 0 Å². The standard InChI is InChI=1S/C33H33FN6O5/c1-18-11-25(31(43-5)16-29(18)45-21-8-9-28-26(13-21)37-19(2)44-28)38-32-22-14-27(30(42-4)15-24(22)35-17-36-32)39-33(41)23(34)12-20-7-6-10-40(20)3/h8-9,11-17,20H,6-7,10H2,1-5H3,(H,39,41)(H,35,36,38)/b23-12+/t20-/m1/s1. The lowest BCUT2D eigenvalue weighted by molar-refractivity contribution is -0.114. The zero-order valence-corrected chi connectivity index (χ0v) is 25.6. The largest absolute Gasteiger partial charge is 0.494 e. The van der Waals surface area contributed by atoms with E-state index in [1.807, 2.05) is 43.1 Å². The molecule has 232 valence electrons. The molecule has 0 unspecified atom stereocenters. The number of amides is 1. The van der Waals surface area contributed by atoms with Crippen molar-refractivity contribution in [3.63, 3.8) is 0 Å². The summed E-state index contributed by atoms with van der Waals surface area (Å²) in [5, 5.41) is 6.54. The number of methoxy groups -OCH3 is 2. The second-order valence-corrected chi connectivity index (χ2v) is 10.9. The monoisotopic (exact) mass is 612 g/mol. The maximum absolute atomic E-state index is 14.9. The molecule has 1 fully saturated rings. The van der Waals surface area contributed by atoms with E-state index in [-0.39, 0.29) is 11.7 Å². The predicted octanol–water partition coefficient (Wildman–Crippen LogP) is 6.83. The Bertz CT molecular complexity index is 1940. The number of aryl methyl sites for hydroxylation is 2. The quantitative estimate of drug-likeness (QED) is 0.171. The molecule has 1 amide bonds. The van der Waals surface area contributed by atoms with Gasteiger partial charge in [-0.25, -0.2) is 19.3 Å². The van der Waals surface area contributed by atoms with Crippen LogP contribution in [0.15, 0.2) is 65.1 Å². The Morgan fingerprint density at radius 1 is 1.02 bits per heavy atom. The first-order chi connectivity index (χ1) is 21.7. The molecule has 12 heteroatoms. The van der Waals surface area contributed by atoms with Crippen molar-refractivity contribution >= 4 is 45.1 Å². The lowest BCUT2D eigenvalue weighted by Gasteiger charge is -2.17. The molecule has 2 N–H and O–H groups in total. The number of nitrogens with zero attached hydrogens (tertiary/aromatic N) is 4. The number of fused-ring (bicyclic) bond motifs is 2. The molecule has 1 aliphatic heterocycles. The Labute approximate surface area is 259 Å². The molecule has 0 aliphatic carbocycles. The van der Waals surface area contributed by atoms with Crippen molar-refractivity contribution in [2.24, 2.45) is 0 Å². The summed E-state index contributed by atoms with van der Waals surface area (Å²) in [6.45, 7) is 4.58. The minimum atomic E-state index is -0.856. The Morgan fingerprint density at radius 2 is 1.82 bits per heavy atom. The van der Waals surface area contributed by atoms with E-state index in [1.54, 1.807) is 32.2 Å². The first-order valence-electron chi connectivity index (χ1n) is 14.4. The van der Waals surface area contributed by atoms with Crippen LogP contribution in [0, 0.1) is 13.8 Å². The van der Waals surface area contributed by atoms with E-state index >= 15 is 0 Å². The van der Waals surface area contributed by atoms with E-state index in [4.69, 9.17) is 18.6 Å². The third kappa shape index (κ3) is 6.22. The summed E-state index contributed by atoms with van der Waals surface area (Å²) >= 11 is 0. The SMILES string of the molecule is COc1cc2ncnc(Nc3cc(C)c(Oc4ccc5oc(C)nc5c4)cc3OC)c2cc1NC(=O)/C(F)=C\[C@H]1CCCN1C. The number of likely N-dealkylation sites (tertiary alicyclic amines) is 1. The predicted molar refractivity (Wildman–Crippen MR) is 169 cm³/mol. The molecule has 0 radical (unpaired) electrons. The summed E-state index contributed by atoms with van der Waals surface area (Å²) in [5.41, 5.74) is 3.68. The minimum absolute atomic E-state index is 0.116. The van der Waals surface area contributed by atoms with Crippen LogP contribution >= 0.6 is 0 Å². The third-order valence-electron chi connectivity index (χ3n) is 7.78. The number of anilines is 3. The van der Waals surface area contributed by atoms with Crippen molar-refractivity contribution in [2.75, 3.05) is 38.4 Å². The van der Waals surface area contributed by atoms with Crippen molar-refractivity contribution in [2.45, 2.75) is 32.7 Å². The Morgan fingerprint density at radius 3 is 2.58 bits per heavy atom. The highest BCUT2D eigenvalue weighted by molar-refractivity contribution is 6.05. The van der Waals surface area contributed by atoms with Gasteiger partial charge in [-0.05, 0) is 69.3 Å². The molecule has 11 nitrogen and oxygen atoms in total. The Balaban J connectivity index is 1.28. The number of carbonyl (C=O) groups excluding carboxylic acids is 1. The van der Waals surface area contributed by atoms with Gasteiger partial charge in [-0.1, -0.05) is 0 Å². The number of hydrogen-bond donors (Lipinski definition) is 2. The molecule has 0 bridgehead atoms. The van der Waals surface area contributed by atoms with Crippen molar-refractivity contribution in [1.29, 1.82) is 0 Å². The number of aromatic nitrogens is 3. The fourth-order valence-electron chi connectivity index (χ4n) is 5.41. The second kappa shape index (κ2) is 12.4. The third-order valence-corrected chi connectivity index (χ3v) is 7.78. The maximum atomic E-state index is 14.9. The smallest absolute Gasteiger partial charge is 0.284 e. The van der Waals surface area contributed by atoms with E-state index in [1.165, 1.54) is 19.5 Å². The van der Waals surface area contributed by atoms with Gasteiger partial charge < -0.3 is 29.3 Å². The zero-order valence-electron chi connectivity index (χ0n) is 25.6. The van der Waals surface area contributed by atoms with Gasteiger partial charge in [0.15, 0.2) is 17.3 Å². The van der Waals surface area contributed by atoms with Crippen LogP contribution in [0.4, 0.5) is 21.6 Å². The Hall–Kier alpha value is -5.23. The van der Waals surface area contributed by atoms with E-state index in [0.717, 1.165) is 24.9 Å².